The number of benzene rings is 1. The number of sulfone groups is 1. The molecular formula is C15H22N2O4S. The largest absolute Gasteiger partial charge is 0.508 e. The SMILES string of the molecule is C[C@@H](CCc1ccc(O)cc1)NC(=O)N[C@H]1CCS(=O)(=O)C1. The van der Waals surface area contributed by atoms with Crippen molar-refractivity contribution in [1.82, 2.24) is 10.6 Å². The van der Waals surface area contributed by atoms with Crippen molar-refractivity contribution in [3.8, 4) is 5.75 Å². The van der Waals surface area contributed by atoms with Crippen LogP contribution in [0.15, 0.2) is 24.3 Å². The highest BCUT2D eigenvalue weighted by Crippen LogP contribution is 2.12. The van der Waals surface area contributed by atoms with E-state index in [9.17, 15) is 18.3 Å². The summed E-state index contributed by atoms with van der Waals surface area (Å²) >= 11 is 0. The number of carbonyl (C=O) groups is 1. The van der Waals surface area contributed by atoms with Crippen LogP contribution < -0.4 is 10.6 Å². The summed E-state index contributed by atoms with van der Waals surface area (Å²) in [6.07, 6.45) is 2.04. The van der Waals surface area contributed by atoms with E-state index in [1.807, 2.05) is 19.1 Å². The van der Waals surface area contributed by atoms with Gasteiger partial charge in [0.25, 0.3) is 0 Å². The van der Waals surface area contributed by atoms with E-state index in [1.54, 1.807) is 12.1 Å². The van der Waals surface area contributed by atoms with Gasteiger partial charge in [-0.1, -0.05) is 12.1 Å². The average Bonchev–Trinajstić information content (AvgIpc) is 2.77. The van der Waals surface area contributed by atoms with Crippen molar-refractivity contribution >= 4 is 15.9 Å². The van der Waals surface area contributed by atoms with Crippen LogP contribution in [0.3, 0.4) is 0 Å². The molecule has 0 spiro atoms. The normalized spacial score (nSPS) is 21.2. The second kappa shape index (κ2) is 7.00. The van der Waals surface area contributed by atoms with Gasteiger partial charge >= 0.3 is 6.03 Å². The van der Waals surface area contributed by atoms with E-state index in [1.165, 1.54) is 0 Å². The molecule has 0 unspecified atom stereocenters. The first kappa shape index (κ1) is 16.6. The van der Waals surface area contributed by atoms with E-state index in [2.05, 4.69) is 10.6 Å². The third-order valence-electron chi connectivity index (χ3n) is 3.75. The molecule has 1 aromatic carbocycles. The van der Waals surface area contributed by atoms with Crippen LogP contribution in [0.5, 0.6) is 5.75 Å². The summed E-state index contributed by atoms with van der Waals surface area (Å²) < 4.78 is 22.7. The molecule has 0 bridgehead atoms. The number of amides is 2. The number of nitrogens with one attached hydrogen (secondary N) is 2. The predicted octanol–water partition coefficient (Wildman–Crippen LogP) is 1.20. The van der Waals surface area contributed by atoms with Crippen LogP contribution in [0.2, 0.25) is 0 Å². The van der Waals surface area contributed by atoms with Gasteiger partial charge in [0.1, 0.15) is 5.75 Å². The van der Waals surface area contributed by atoms with Crippen molar-refractivity contribution in [2.45, 2.75) is 38.3 Å². The topological polar surface area (TPSA) is 95.5 Å². The Morgan fingerprint density at radius 1 is 1.36 bits per heavy atom. The van der Waals surface area contributed by atoms with E-state index in [0.717, 1.165) is 18.4 Å². The molecule has 0 aliphatic carbocycles. The number of hydrogen-bond donors (Lipinski definition) is 3. The fourth-order valence-electron chi connectivity index (χ4n) is 2.48. The third-order valence-corrected chi connectivity index (χ3v) is 5.52. The Morgan fingerprint density at radius 3 is 2.64 bits per heavy atom. The van der Waals surface area contributed by atoms with Gasteiger partial charge in [-0.2, -0.15) is 0 Å². The summed E-state index contributed by atoms with van der Waals surface area (Å²) in [5.74, 6) is 0.414. The monoisotopic (exact) mass is 326 g/mol. The molecule has 6 nitrogen and oxygen atoms in total. The Kier molecular flexibility index (Phi) is 5.28. The molecule has 122 valence electrons. The number of carbonyl (C=O) groups excluding carboxylic acids is 1. The Morgan fingerprint density at radius 2 is 2.05 bits per heavy atom. The summed E-state index contributed by atoms with van der Waals surface area (Å²) in [5, 5.41) is 14.7. The molecule has 1 fully saturated rings. The van der Waals surface area contributed by atoms with Crippen LogP contribution in [0.4, 0.5) is 4.79 Å². The van der Waals surface area contributed by atoms with Crippen LogP contribution in [0.25, 0.3) is 0 Å². The first-order valence-electron chi connectivity index (χ1n) is 7.39. The summed E-state index contributed by atoms with van der Waals surface area (Å²) in [6.45, 7) is 1.91. The molecule has 0 saturated carbocycles. The maximum absolute atomic E-state index is 11.8. The van der Waals surface area contributed by atoms with Crippen LogP contribution in [-0.4, -0.2) is 43.1 Å². The van der Waals surface area contributed by atoms with E-state index in [0.29, 0.717) is 6.42 Å². The van der Waals surface area contributed by atoms with Gasteiger partial charge in [0, 0.05) is 12.1 Å². The van der Waals surface area contributed by atoms with E-state index < -0.39 is 9.84 Å². The second-order valence-corrected chi connectivity index (χ2v) is 8.05. The van der Waals surface area contributed by atoms with Crippen molar-refractivity contribution < 1.29 is 18.3 Å². The first-order chi connectivity index (χ1) is 10.3. The summed E-state index contributed by atoms with van der Waals surface area (Å²) in [6, 6.07) is 6.36. The molecular weight excluding hydrogens is 304 g/mol. The summed E-state index contributed by atoms with van der Waals surface area (Å²) in [7, 11) is -2.98. The fourth-order valence-corrected chi connectivity index (χ4v) is 4.15. The minimum absolute atomic E-state index is 0.0215. The molecule has 1 aromatic rings. The van der Waals surface area contributed by atoms with Gasteiger partial charge in [-0.15, -0.1) is 0 Å². The number of aromatic hydroxyl groups is 1. The highest BCUT2D eigenvalue weighted by Gasteiger charge is 2.29. The molecule has 2 atom stereocenters. The van der Waals surface area contributed by atoms with Crippen molar-refractivity contribution in [3.05, 3.63) is 29.8 Å². The van der Waals surface area contributed by atoms with Crippen LogP contribution >= 0.6 is 0 Å². The Balaban J connectivity index is 1.71. The molecule has 2 amide bonds. The summed E-state index contributed by atoms with van der Waals surface area (Å²) in [4.78, 5) is 11.8. The standard InChI is InChI=1S/C15H22N2O4S/c1-11(2-3-12-4-6-14(18)7-5-12)16-15(19)17-13-8-9-22(20,21)10-13/h4-7,11,13,18H,2-3,8-10H2,1H3,(H2,16,17,19)/t11-,13-/m0/s1. The average molecular weight is 326 g/mol. The van der Waals surface area contributed by atoms with E-state index in [4.69, 9.17) is 0 Å². The number of phenols is 1. The third kappa shape index (κ3) is 5.22. The molecule has 0 aromatic heterocycles. The molecule has 3 N–H and O–H groups in total. The summed E-state index contributed by atoms with van der Waals surface area (Å²) in [5.41, 5.74) is 1.09. The number of urea groups is 1. The molecule has 1 aliphatic rings. The van der Waals surface area contributed by atoms with E-state index in [-0.39, 0.29) is 35.4 Å². The molecule has 1 saturated heterocycles. The van der Waals surface area contributed by atoms with Crippen LogP contribution in [0.1, 0.15) is 25.3 Å². The van der Waals surface area contributed by atoms with Gasteiger partial charge in [0.2, 0.25) is 0 Å². The molecule has 22 heavy (non-hydrogen) atoms. The van der Waals surface area contributed by atoms with Gasteiger partial charge < -0.3 is 15.7 Å². The van der Waals surface area contributed by atoms with Crippen LogP contribution in [0, 0.1) is 0 Å². The first-order valence-corrected chi connectivity index (χ1v) is 9.21. The highest BCUT2D eigenvalue weighted by atomic mass is 32.2. The van der Waals surface area contributed by atoms with Gasteiger partial charge in [0.15, 0.2) is 9.84 Å². The van der Waals surface area contributed by atoms with Gasteiger partial charge in [0.05, 0.1) is 11.5 Å². The van der Waals surface area contributed by atoms with Gasteiger partial charge in [-0.05, 0) is 43.9 Å². The number of rotatable bonds is 5. The van der Waals surface area contributed by atoms with Crippen molar-refractivity contribution in [2.24, 2.45) is 0 Å². The minimum atomic E-state index is -2.98. The fraction of sp³-hybridized carbons (Fsp3) is 0.533. The van der Waals surface area contributed by atoms with Gasteiger partial charge in [-0.3, -0.25) is 0 Å². The Bertz CT molecular complexity index is 613. The second-order valence-electron chi connectivity index (χ2n) is 5.82. The maximum Gasteiger partial charge on any atom is 0.315 e. The predicted molar refractivity (Wildman–Crippen MR) is 84.6 cm³/mol. The smallest absolute Gasteiger partial charge is 0.315 e. The number of phenolic OH excluding ortho intramolecular Hbond substituents is 1. The molecule has 7 heteroatoms. The molecule has 1 heterocycles. The van der Waals surface area contributed by atoms with Crippen molar-refractivity contribution in [3.63, 3.8) is 0 Å². The lowest BCUT2D eigenvalue weighted by Crippen LogP contribution is -2.45. The lowest BCUT2D eigenvalue weighted by molar-refractivity contribution is 0.234. The van der Waals surface area contributed by atoms with Gasteiger partial charge in [-0.25, -0.2) is 13.2 Å². The lowest BCUT2D eigenvalue weighted by atomic mass is 10.1. The zero-order valence-corrected chi connectivity index (χ0v) is 13.4. The van der Waals surface area contributed by atoms with Crippen LogP contribution in [-0.2, 0) is 16.3 Å². The Labute approximate surface area is 130 Å². The lowest BCUT2D eigenvalue weighted by Gasteiger charge is -2.17. The zero-order valence-electron chi connectivity index (χ0n) is 12.6. The zero-order chi connectivity index (χ0) is 16.2. The molecule has 0 radical (unpaired) electrons. The quantitative estimate of drug-likeness (QED) is 0.757. The maximum atomic E-state index is 11.8. The molecule has 2 rings (SSSR count). The van der Waals surface area contributed by atoms with E-state index >= 15 is 0 Å². The Hall–Kier alpha value is -1.76. The number of hydrogen-bond acceptors (Lipinski definition) is 4. The van der Waals surface area contributed by atoms with Crippen molar-refractivity contribution in [2.75, 3.05) is 11.5 Å². The minimum Gasteiger partial charge on any atom is -0.508 e. The molecule has 1 aliphatic heterocycles. The van der Waals surface area contributed by atoms with Crippen molar-refractivity contribution in [1.29, 1.82) is 0 Å². The highest BCUT2D eigenvalue weighted by molar-refractivity contribution is 7.91. The number of aryl methyl sites for hydroxylation is 1.